The lowest BCUT2D eigenvalue weighted by Crippen LogP contribution is -2.37. The predicted molar refractivity (Wildman–Crippen MR) is 141 cm³/mol. The molecule has 0 amide bonds. The second-order valence-electron chi connectivity index (χ2n) is 9.03. The SMILES string of the molecule is COCCn1c(CN(CC2CCCO2)S(=O)(=O)c2ccccc2)cnc1S(=O)(=O)Cc1cccc(OC)c1. The normalized spacial score (nSPS) is 16.2. The zero-order chi connectivity index (χ0) is 27.2. The molecular weight excluding hydrogens is 530 g/mol. The molecule has 38 heavy (non-hydrogen) atoms. The standard InChI is InChI=1S/C26H33N3O7S2/c1-34-15-13-29-22(17-27-26(29)37(30,31)20-21-8-6-9-23(16-21)35-2)18-28(19-24-10-7-14-36-24)38(32,33)25-11-4-3-5-12-25/h3-6,8-9,11-12,16-17,24H,7,10,13-15,18-20H2,1-2H3. The molecule has 1 unspecified atom stereocenters. The summed E-state index contributed by atoms with van der Waals surface area (Å²) < 4.78 is 73.3. The number of sulfone groups is 1. The van der Waals surface area contributed by atoms with Gasteiger partial charge < -0.3 is 18.8 Å². The van der Waals surface area contributed by atoms with Gasteiger partial charge in [0, 0.05) is 26.8 Å². The highest BCUT2D eigenvalue weighted by Gasteiger charge is 2.32. The Bertz CT molecular complexity index is 1420. The molecule has 1 aliphatic heterocycles. The largest absolute Gasteiger partial charge is 0.497 e. The fraction of sp³-hybridized carbons (Fsp3) is 0.423. The summed E-state index contributed by atoms with van der Waals surface area (Å²) in [6.45, 7) is 1.09. The average Bonchev–Trinajstić information content (AvgIpc) is 3.58. The van der Waals surface area contributed by atoms with Crippen LogP contribution in [0.2, 0.25) is 0 Å². The maximum Gasteiger partial charge on any atom is 0.243 e. The van der Waals surface area contributed by atoms with Gasteiger partial charge in [0.15, 0.2) is 0 Å². The van der Waals surface area contributed by atoms with Crippen LogP contribution in [0.25, 0.3) is 0 Å². The van der Waals surface area contributed by atoms with E-state index in [1.54, 1.807) is 54.6 Å². The molecule has 0 aliphatic carbocycles. The molecule has 3 aromatic rings. The molecule has 2 aromatic carbocycles. The number of ether oxygens (including phenoxy) is 3. The molecule has 1 atom stereocenters. The topological polar surface area (TPSA) is 117 Å². The van der Waals surface area contributed by atoms with E-state index in [0.717, 1.165) is 12.8 Å². The van der Waals surface area contributed by atoms with Crippen molar-refractivity contribution in [2.75, 3.05) is 34.0 Å². The maximum atomic E-state index is 13.6. The van der Waals surface area contributed by atoms with Gasteiger partial charge in [-0.05, 0) is 42.7 Å². The number of imidazole rings is 1. The van der Waals surface area contributed by atoms with E-state index >= 15 is 0 Å². The predicted octanol–water partition coefficient (Wildman–Crippen LogP) is 2.88. The minimum absolute atomic E-state index is 0.0670. The van der Waals surface area contributed by atoms with Gasteiger partial charge in [-0.25, -0.2) is 21.8 Å². The van der Waals surface area contributed by atoms with Gasteiger partial charge >= 0.3 is 0 Å². The number of benzene rings is 2. The van der Waals surface area contributed by atoms with E-state index in [1.807, 2.05) is 0 Å². The molecule has 0 bridgehead atoms. The van der Waals surface area contributed by atoms with Crippen molar-refractivity contribution in [3.8, 4) is 5.75 Å². The van der Waals surface area contributed by atoms with Crippen molar-refractivity contribution in [2.24, 2.45) is 0 Å². The Balaban J connectivity index is 1.68. The van der Waals surface area contributed by atoms with Crippen molar-refractivity contribution in [3.05, 3.63) is 72.1 Å². The fourth-order valence-electron chi connectivity index (χ4n) is 4.42. The van der Waals surface area contributed by atoms with E-state index < -0.39 is 19.9 Å². The average molecular weight is 564 g/mol. The Hall–Kier alpha value is -2.77. The fourth-order valence-corrected chi connectivity index (χ4v) is 7.39. The molecule has 0 saturated carbocycles. The summed E-state index contributed by atoms with van der Waals surface area (Å²) in [6, 6.07) is 15.0. The number of methoxy groups -OCH3 is 2. The summed E-state index contributed by atoms with van der Waals surface area (Å²) in [7, 11) is -4.73. The van der Waals surface area contributed by atoms with Gasteiger partial charge in [-0.2, -0.15) is 4.31 Å². The Morgan fingerprint density at radius 1 is 1.08 bits per heavy atom. The third-order valence-corrected chi connectivity index (χ3v) is 9.76. The highest BCUT2D eigenvalue weighted by atomic mass is 32.2. The molecule has 0 spiro atoms. The van der Waals surface area contributed by atoms with Crippen molar-refractivity contribution < 1.29 is 31.0 Å². The molecule has 10 nitrogen and oxygen atoms in total. The summed E-state index contributed by atoms with van der Waals surface area (Å²) in [5, 5.41) is -0.137. The summed E-state index contributed by atoms with van der Waals surface area (Å²) in [5.41, 5.74) is 1.00. The Morgan fingerprint density at radius 3 is 2.55 bits per heavy atom. The number of hydrogen-bond donors (Lipinski definition) is 0. The van der Waals surface area contributed by atoms with Crippen LogP contribution in [0.1, 0.15) is 24.1 Å². The first-order valence-corrected chi connectivity index (χ1v) is 15.4. The Labute approximate surface area is 224 Å². The lowest BCUT2D eigenvalue weighted by Gasteiger charge is -2.25. The molecule has 0 N–H and O–H groups in total. The number of sulfonamides is 1. The minimum Gasteiger partial charge on any atom is -0.497 e. The van der Waals surface area contributed by atoms with Gasteiger partial charge in [-0.15, -0.1) is 0 Å². The molecule has 1 fully saturated rings. The molecular formula is C26H33N3O7S2. The first-order valence-electron chi connectivity index (χ1n) is 12.3. The van der Waals surface area contributed by atoms with E-state index in [-0.39, 0.29) is 48.1 Å². The number of rotatable bonds is 13. The first-order chi connectivity index (χ1) is 18.2. The van der Waals surface area contributed by atoms with Crippen LogP contribution in [0.4, 0.5) is 0 Å². The van der Waals surface area contributed by atoms with E-state index in [4.69, 9.17) is 14.2 Å². The second-order valence-corrected chi connectivity index (χ2v) is 12.9. The van der Waals surface area contributed by atoms with Crippen LogP contribution in [-0.4, -0.2) is 70.8 Å². The van der Waals surface area contributed by atoms with Crippen LogP contribution in [0.15, 0.2) is 70.8 Å². The molecule has 0 radical (unpaired) electrons. The van der Waals surface area contributed by atoms with E-state index in [2.05, 4.69) is 4.98 Å². The third kappa shape index (κ3) is 6.62. The monoisotopic (exact) mass is 563 g/mol. The van der Waals surface area contributed by atoms with Crippen LogP contribution >= 0.6 is 0 Å². The minimum atomic E-state index is -3.89. The van der Waals surface area contributed by atoms with Gasteiger partial charge in [0.05, 0.1) is 48.9 Å². The summed E-state index contributed by atoms with van der Waals surface area (Å²) >= 11 is 0. The molecule has 2 heterocycles. The van der Waals surface area contributed by atoms with Crippen molar-refractivity contribution in [3.63, 3.8) is 0 Å². The molecule has 1 aromatic heterocycles. The first kappa shape index (κ1) is 28.2. The second kappa shape index (κ2) is 12.4. The van der Waals surface area contributed by atoms with E-state index in [1.165, 1.54) is 29.3 Å². The summed E-state index contributed by atoms with van der Waals surface area (Å²) in [4.78, 5) is 4.41. The van der Waals surface area contributed by atoms with E-state index in [9.17, 15) is 16.8 Å². The van der Waals surface area contributed by atoms with Gasteiger partial charge in [0.25, 0.3) is 0 Å². The summed E-state index contributed by atoms with van der Waals surface area (Å²) in [6.07, 6.45) is 2.81. The molecule has 4 rings (SSSR count). The van der Waals surface area contributed by atoms with Crippen molar-refractivity contribution in [1.29, 1.82) is 0 Å². The van der Waals surface area contributed by atoms with E-state index in [0.29, 0.717) is 23.6 Å². The van der Waals surface area contributed by atoms with Crippen LogP contribution < -0.4 is 4.74 Å². The molecule has 1 saturated heterocycles. The quantitative estimate of drug-likeness (QED) is 0.312. The van der Waals surface area contributed by atoms with Crippen molar-refractivity contribution >= 4 is 19.9 Å². The Kier molecular flexibility index (Phi) is 9.21. The lowest BCUT2D eigenvalue weighted by atomic mass is 10.2. The molecule has 1 aliphatic rings. The summed E-state index contributed by atoms with van der Waals surface area (Å²) in [5.74, 6) is 0.271. The number of hydrogen-bond acceptors (Lipinski definition) is 8. The van der Waals surface area contributed by atoms with Gasteiger partial charge in [0.2, 0.25) is 25.0 Å². The third-order valence-electron chi connectivity index (χ3n) is 6.34. The lowest BCUT2D eigenvalue weighted by molar-refractivity contribution is 0.0920. The zero-order valence-electron chi connectivity index (χ0n) is 21.5. The number of nitrogens with zero attached hydrogens (tertiary/aromatic N) is 3. The van der Waals surface area contributed by atoms with Crippen LogP contribution in [0.5, 0.6) is 5.75 Å². The Morgan fingerprint density at radius 2 is 1.87 bits per heavy atom. The van der Waals surface area contributed by atoms with Gasteiger partial charge in [0.1, 0.15) is 5.75 Å². The van der Waals surface area contributed by atoms with Crippen LogP contribution in [0.3, 0.4) is 0 Å². The van der Waals surface area contributed by atoms with Crippen molar-refractivity contribution in [1.82, 2.24) is 13.9 Å². The smallest absolute Gasteiger partial charge is 0.243 e. The molecule has 12 heteroatoms. The number of aromatic nitrogens is 2. The molecule has 206 valence electrons. The van der Waals surface area contributed by atoms with Crippen molar-refractivity contribution in [2.45, 2.75) is 47.8 Å². The zero-order valence-corrected chi connectivity index (χ0v) is 23.2. The van der Waals surface area contributed by atoms with Gasteiger partial charge in [-0.1, -0.05) is 30.3 Å². The van der Waals surface area contributed by atoms with Crippen LogP contribution in [0, 0.1) is 0 Å². The van der Waals surface area contributed by atoms with Crippen LogP contribution in [-0.2, 0) is 48.2 Å². The van der Waals surface area contributed by atoms with Gasteiger partial charge in [-0.3, -0.25) is 0 Å². The highest BCUT2D eigenvalue weighted by Crippen LogP contribution is 2.25. The maximum absolute atomic E-state index is 13.6. The highest BCUT2D eigenvalue weighted by molar-refractivity contribution is 7.90.